The van der Waals surface area contributed by atoms with Crippen LogP contribution in [0.15, 0.2) is 0 Å². The summed E-state index contributed by atoms with van der Waals surface area (Å²) in [4.78, 5) is 2.44. The van der Waals surface area contributed by atoms with Gasteiger partial charge < -0.3 is 0 Å². The Bertz CT molecular complexity index is 385. The molecule has 1 aliphatic rings. The van der Waals surface area contributed by atoms with Gasteiger partial charge in [-0.05, 0) is 19.8 Å². The SMILES string of the molecule is Cc1nn(C)c(Cl)c1CN(CCCl)C1CCC1. The van der Waals surface area contributed by atoms with E-state index in [1.807, 2.05) is 14.0 Å². The molecule has 17 heavy (non-hydrogen) atoms. The van der Waals surface area contributed by atoms with Crippen LogP contribution >= 0.6 is 23.2 Å². The van der Waals surface area contributed by atoms with Crippen LogP contribution in [-0.4, -0.2) is 33.1 Å². The van der Waals surface area contributed by atoms with Crippen molar-refractivity contribution < 1.29 is 0 Å². The van der Waals surface area contributed by atoms with Gasteiger partial charge in [-0.25, -0.2) is 0 Å². The highest BCUT2D eigenvalue weighted by Gasteiger charge is 2.26. The smallest absolute Gasteiger partial charge is 0.131 e. The Hall–Kier alpha value is -0.250. The molecule has 0 unspecified atom stereocenters. The molecule has 1 saturated carbocycles. The molecule has 0 N–H and O–H groups in total. The van der Waals surface area contributed by atoms with Gasteiger partial charge in [0.2, 0.25) is 0 Å². The third-order valence-electron chi connectivity index (χ3n) is 3.59. The third kappa shape index (κ3) is 2.78. The van der Waals surface area contributed by atoms with Gasteiger partial charge in [0, 0.05) is 37.6 Å². The van der Waals surface area contributed by atoms with Crippen LogP contribution < -0.4 is 0 Å². The molecule has 0 bridgehead atoms. The molecule has 1 aromatic heterocycles. The first-order chi connectivity index (χ1) is 8.13. The molecule has 3 nitrogen and oxygen atoms in total. The number of aryl methyl sites for hydroxylation is 2. The summed E-state index contributed by atoms with van der Waals surface area (Å²) >= 11 is 12.1. The van der Waals surface area contributed by atoms with E-state index in [1.165, 1.54) is 19.3 Å². The number of rotatable bonds is 5. The van der Waals surface area contributed by atoms with Crippen LogP contribution in [0, 0.1) is 6.92 Å². The zero-order chi connectivity index (χ0) is 12.4. The van der Waals surface area contributed by atoms with Gasteiger partial charge in [-0.2, -0.15) is 5.10 Å². The second-order valence-corrected chi connectivity index (χ2v) is 5.46. The molecule has 96 valence electrons. The lowest BCUT2D eigenvalue weighted by Crippen LogP contribution is -2.40. The maximum atomic E-state index is 6.26. The highest BCUT2D eigenvalue weighted by molar-refractivity contribution is 6.30. The summed E-state index contributed by atoms with van der Waals surface area (Å²) in [5.74, 6) is 0.674. The van der Waals surface area contributed by atoms with Gasteiger partial charge in [0.05, 0.1) is 5.69 Å². The molecule has 0 amide bonds. The largest absolute Gasteiger partial charge is 0.295 e. The number of aromatic nitrogens is 2. The molecule has 0 radical (unpaired) electrons. The molecule has 0 aliphatic heterocycles. The van der Waals surface area contributed by atoms with Gasteiger partial charge in [0.15, 0.2) is 0 Å². The van der Waals surface area contributed by atoms with Crippen molar-refractivity contribution in [2.45, 2.75) is 38.8 Å². The topological polar surface area (TPSA) is 21.1 Å². The normalized spacial score (nSPS) is 16.5. The Morgan fingerprint density at radius 1 is 1.47 bits per heavy atom. The fourth-order valence-electron chi connectivity index (χ4n) is 2.31. The van der Waals surface area contributed by atoms with Gasteiger partial charge in [-0.15, -0.1) is 11.6 Å². The van der Waals surface area contributed by atoms with Crippen molar-refractivity contribution in [3.05, 3.63) is 16.4 Å². The van der Waals surface area contributed by atoms with Crippen LogP contribution in [0.4, 0.5) is 0 Å². The maximum Gasteiger partial charge on any atom is 0.131 e. The molecule has 0 saturated heterocycles. The van der Waals surface area contributed by atoms with E-state index >= 15 is 0 Å². The first kappa shape index (κ1) is 13.2. The standard InChI is InChI=1S/C12H19Cl2N3/c1-9-11(12(14)16(2)15-9)8-17(7-6-13)10-4-3-5-10/h10H,3-8H2,1-2H3. The van der Waals surface area contributed by atoms with E-state index in [0.29, 0.717) is 11.9 Å². The van der Waals surface area contributed by atoms with E-state index in [9.17, 15) is 0 Å². The lowest BCUT2D eigenvalue weighted by Gasteiger charge is -2.37. The van der Waals surface area contributed by atoms with Crippen LogP contribution in [-0.2, 0) is 13.6 Å². The minimum Gasteiger partial charge on any atom is -0.295 e. The molecule has 2 rings (SSSR count). The van der Waals surface area contributed by atoms with Crippen molar-refractivity contribution in [2.24, 2.45) is 7.05 Å². The first-order valence-corrected chi connectivity index (χ1v) is 7.02. The van der Waals surface area contributed by atoms with E-state index in [-0.39, 0.29) is 0 Å². The molecule has 5 heteroatoms. The van der Waals surface area contributed by atoms with Crippen LogP contribution in [0.3, 0.4) is 0 Å². The average molecular weight is 276 g/mol. The fraction of sp³-hybridized carbons (Fsp3) is 0.750. The van der Waals surface area contributed by atoms with E-state index < -0.39 is 0 Å². The third-order valence-corrected chi connectivity index (χ3v) is 4.24. The van der Waals surface area contributed by atoms with Gasteiger partial charge in [0.1, 0.15) is 5.15 Å². The lowest BCUT2D eigenvalue weighted by atomic mass is 9.91. The molecular formula is C12H19Cl2N3. The second-order valence-electron chi connectivity index (χ2n) is 4.72. The average Bonchev–Trinajstić information content (AvgIpc) is 2.43. The minimum absolute atomic E-state index is 0.674. The molecule has 1 aromatic rings. The monoisotopic (exact) mass is 275 g/mol. The summed E-state index contributed by atoms with van der Waals surface area (Å²) < 4.78 is 1.74. The zero-order valence-electron chi connectivity index (χ0n) is 10.4. The number of alkyl halides is 1. The summed E-state index contributed by atoms with van der Waals surface area (Å²) in [5.41, 5.74) is 2.17. The van der Waals surface area contributed by atoms with Gasteiger partial charge in [-0.1, -0.05) is 18.0 Å². The van der Waals surface area contributed by atoms with E-state index in [4.69, 9.17) is 23.2 Å². The Balaban J connectivity index is 2.10. The van der Waals surface area contributed by atoms with Crippen molar-refractivity contribution in [2.75, 3.05) is 12.4 Å². The number of nitrogens with zero attached hydrogens (tertiary/aromatic N) is 3. The van der Waals surface area contributed by atoms with Crippen molar-refractivity contribution in [1.82, 2.24) is 14.7 Å². The minimum atomic E-state index is 0.674. The molecule has 0 atom stereocenters. The Labute approximate surface area is 113 Å². The van der Waals surface area contributed by atoms with Crippen molar-refractivity contribution >= 4 is 23.2 Å². The van der Waals surface area contributed by atoms with Crippen LogP contribution in [0.1, 0.15) is 30.5 Å². The second kappa shape index (κ2) is 5.59. The quantitative estimate of drug-likeness (QED) is 0.771. The summed E-state index contributed by atoms with van der Waals surface area (Å²) in [5, 5.41) is 5.10. The molecule has 1 heterocycles. The molecule has 1 fully saturated rings. The fourth-order valence-corrected chi connectivity index (χ4v) is 2.76. The van der Waals surface area contributed by atoms with Gasteiger partial charge >= 0.3 is 0 Å². The van der Waals surface area contributed by atoms with Crippen LogP contribution in [0.5, 0.6) is 0 Å². The van der Waals surface area contributed by atoms with Gasteiger partial charge in [-0.3, -0.25) is 9.58 Å². The summed E-state index contributed by atoms with van der Waals surface area (Å²) in [6.07, 6.45) is 3.91. The number of hydrogen-bond acceptors (Lipinski definition) is 2. The molecule has 0 aromatic carbocycles. The Morgan fingerprint density at radius 2 is 2.18 bits per heavy atom. The summed E-state index contributed by atoms with van der Waals surface area (Å²) in [6, 6.07) is 0.685. The van der Waals surface area contributed by atoms with Crippen LogP contribution in [0.2, 0.25) is 5.15 Å². The molecule has 0 spiro atoms. The highest BCUT2D eigenvalue weighted by Crippen LogP contribution is 2.28. The highest BCUT2D eigenvalue weighted by atomic mass is 35.5. The van der Waals surface area contributed by atoms with Crippen molar-refractivity contribution in [3.8, 4) is 0 Å². The lowest BCUT2D eigenvalue weighted by molar-refractivity contribution is 0.127. The molecular weight excluding hydrogens is 257 g/mol. The number of halogens is 2. The molecule has 1 aliphatic carbocycles. The predicted octanol–water partition coefficient (Wildman–Crippen LogP) is 2.98. The summed E-state index contributed by atoms with van der Waals surface area (Å²) in [7, 11) is 1.88. The Kier molecular flexibility index (Phi) is 4.34. The maximum absolute atomic E-state index is 6.26. The van der Waals surface area contributed by atoms with Crippen molar-refractivity contribution in [1.29, 1.82) is 0 Å². The Morgan fingerprint density at radius 3 is 2.59 bits per heavy atom. The van der Waals surface area contributed by atoms with Crippen LogP contribution in [0.25, 0.3) is 0 Å². The number of hydrogen-bond donors (Lipinski definition) is 0. The zero-order valence-corrected chi connectivity index (χ0v) is 11.9. The van der Waals surface area contributed by atoms with E-state index in [2.05, 4.69) is 10.00 Å². The predicted molar refractivity (Wildman–Crippen MR) is 71.7 cm³/mol. The van der Waals surface area contributed by atoms with Gasteiger partial charge in [0.25, 0.3) is 0 Å². The van der Waals surface area contributed by atoms with Crippen molar-refractivity contribution in [3.63, 3.8) is 0 Å². The van der Waals surface area contributed by atoms with E-state index in [1.54, 1.807) is 4.68 Å². The van der Waals surface area contributed by atoms with E-state index in [0.717, 1.165) is 29.5 Å². The summed E-state index contributed by atoms with van der Waals surface area (Å²) in [6.45, 7) is 3.81. The first-order valence-electron chi connectivity index (χ1n) is 6.11.